The molecule has 0 aliphatic carbocycles. The number of hydrogen-bond acceptors (Lipinski definition) is 3. The van der Waals surface area contributed by atoms with E-state index in [1.807, 2.05) is 0 Å². The molecule has 0 aliphatic heterocycles. The first-order chi connectivity index (χ1) is 9.89. The molecule has 0 aliphatic rings. The van der Waals surface area contributed by atoms with Crippen LogP contribution in [0.1, 0.15) is 59.3 Å². The maximum Gasteiger partial charge on any atom is 0.501 e. The summed E-state index contributed by atoms with van der Waals surface area (Å²) in [6.45, 7) is 4.96. The van der Waals surface area contributed by atoms with Gasteiger partial charge in [-0.05, 0) is 20.3 Å². The maximum absolute atomic E-state index is 12.4. The Hall–Kier alpha value is -0.113. The third kappa shape index (κ3) is 11.2. The molecule has 0 atom stereocenters. The molecule has 0 aromatic carbocycles. The van der Waals surface area contributed by atoms with Crippen molar-refractivity contribution in [2.75, 3.05) is 19.8 Å². The standard InChI is InChI=1S/C14H29F3O3Si/c1-4-7-8-9-10-11-12-21(18-5-2,19-6-3)20-13-14(15,16)17/h4-13H2,1-3H3. The Balaban J connectivity index is 4.34. The Bertz CT molecular complexity index is 244. The topological polar surface area (TPSA) is 27.7 Å². The zero-order chi connectivity index (χ0) is 16.2. The van der Waals surface area contributed by atoms with Crippen molar-refractivity contribution in [3.63, 3.8) is 0 Å². The van der Waals surface area contributed by atoms with Crippen LogP contribution in [0, 0.1) is 0 Å². The van der Waals surface area contributed by atoms with Crippen molar-refractivity contribution >= 4 is 8.80 Å². The second kappa shape index (κ2) is 11.5. The highest BCUT2D eigenvalue weighted by Gasteiger charge is 2.43. The predicted molar refractivity (Wildman–Crippen MR) is 79.2 cm³/mol. The summed E-state index contributed by atoms with van der Waals surface area (Å²) in [4.78, 5) is 0. The molecule has 0 bridgehead atoms. The van der Waals surface area contributed by atoms with Crippen LogP contribution < -0.4 is 0 Å². The van der Waals surface area contributed by atoms with Gasteiger partial charge in [0.1, 0.15) is 6.61 Å². The lowest BCUT2D eigenvalue weighted by atomic mass is 10.1. The summed E-state index contributed by atoms with van der Waals surface area (Å²) in [6.07, 6.45) is 2.04. The molecule has 0 saturated heterocycles. The quantitative estimate of drug-likeness (QED) is 0.354. The van der Waals surface area contributed by atoms with Gasteiger partial charge >= 0.3 is 15.0 Å². The lowest BCUT2D eigenvalue weighted by molar-refractivity contribution is -0.164. The smallest absolute Gasteiger partial charge is 0.374 e. The molecule has 0 fully saturated rings. The van der Waals surface area contributed by atoms with Gasteiger partial charge < -0.3 is 13.3 Å². The third-order valence-electron chi connectivity index (χ3n) is 3.02. The Morgan fingerprint density at radius 2 is 1.29 bits per heavy atom. The van der Waals surface area contributed by atoms with E-state index >= 15 is 0 Å². The first kappa shape index (κ1) is 20.9. The molecular weight excluding hydrogens is 301 g/mol. The molecule has 0 rings (SSSR count). The molecule has 21 heavy (non-hydrogen) atoms. The number of halogens is 3. The first-order valence-corrected chi connectivity index (χ1v) is 9.81. The van der Waals surface area contributed by atoms with Gasteiger partial charge in [0.15, 0.2) is 0 Å². The molecule has 0 radical (unpaired) electrons. The second-order valence-electron chi connectivity index (χ2n) is 4.97. The van der Waals surface area contributed by atoms with E-state index in [2.05, 4.69) is 6.92 Å². The van der Waals surface area contributed by atoms with Crippen molar-refractivity contribution in [1.29, 1.82) is 0 Å². The molecule has 7 heteroatoms. The Labute approximate surface area is 127 Å². The van der Waals surface area contributed by atoms with E-state index in [0.717, 1.165) is 25.7 Å². The minimum Gasteiger partial charge on any atom is -0.374 e. The zero-order valence-corrected chi connectivity index (χ0v) is 14.4. The molecular formula is C14H29F3O3Si. The molecule has 0 amide bonds. The van der Waals surface area contributed by atoms with Crippen LogP contribution in [0.25, 0.3) is 0 Å². The molecule has 0 aromatic heterocycles. The van der Waals surface area contributed by atoms with Crippen molar-refractivity contribution < 1.29 is 26.4 Å². The van der Waals surface area contributed by atoms with Gasteiger partial charge in [-0.15, -0.1) is 0 Å². The summed E-state index contributed by atoms with van der Waals surface area (Å²) in [7, 11) is -3.19. The van der Waals surface area contributed by atoms with E-state index in [1.54, 1.807) is 13.8 Å². The van der Waals surface area contributed by atoms with Crippen LogP contribution >= 0.6 is 0 Å². The normalized spacial score (nSPS) is 12.9. The van der Waals surface area contributed by atoms with E-state index in [0.29, 0.717) is 19.3 Å². The average molecular weight is 330 g/mol. The first-order valence-electron chi connectivity index (χ1n) is 7.87. The van der Waals surface area contributed by atoms with E-state index in [4.69, 9.17) is 13.3 Å². The van der Waals surface area contributed by atoms with Crippen molar-refractivity contribution in [3.8, 4) is 0 Å². The van der Waals surface area contributed by atoms with Crippen molar-refractivity contribution in [1.82, 2.24) is 0 Å². The minimum atomic E-state index is -4.35. The van der Waals surface area contributed by atoms with Crippen LogP contribution in [0.15, 0.2) is 0 Å². The average Bonchev–Trinajstić information content (AvgIpc) is 2.40. The fraction of sp³-hybridized carbons (Fsp3) is 1.00. The highest BCUT2D eigenvalue weighted by atomic mass is 28.4. The van der Waals surface area contributed by atoms with Gasteiger partial charge in [0.25, 0.3) is 0 Å². The molecule has 0 saturated carbocycles. The summed E-state index contributed by atoms with van der Waals surface area (Å²) in [5.74, 6) is 0. The largest absolute Gasteiger partial charge is 0.501 e. The number of unbranched alkanes of at least 4 members (excludes halogenated alkanes) is 5. The molecule has 0 spiro atoms. The van der Waals surface area contributed by atoms with E-state index < -0.39 is 21.6 Å². The molecule has 0 heterocycles. The van der Waals surface area contributed by atoms with Gasteiger partial charge in [-0.25, -0.2) is 0 Å². The highest BCUT2D eigenvalue weighted by molar-refractivity contribution is 6.60. The number of hydrogen-bond donors (Lipinski definition) is 0. The van der Waals surface area contributed by atoms with Gasteiger partial charge in [0, 0.05) is 19.3 Å². The fourth-order valence-corrected chi connectivity index (χ4v) is 4.72. The van der Waals surface area contributed by atoms with Gasteiger partial charge in [0.05, 0.1) is 0 Å². The van der Waals surface area contributed by atoms with Crippen molar-refractivity contribution in [2.45, 2.75) is 71.5 Å². The highest BCUT2D eigenvalue weighted by Crippen LogP contribution is 2.24. The van der Waals surface area contributed by atoms with Crippen LogP contribution in [-0.4, -0.2) is 34.8 Å². The summed E-state index contributed by atoms with van der Waals surface area (Å²) >= 11 is 0. The number of rotatable bonds is 13. The fourth-order valence-electron chi connectivity index (χ4n) is 2.09. The second-order valence-corrected chi connectivity index (χ2v) is 7.70. The van der Waals surface area contributed by atoms with Crippen LogP contribution in [0.4, 0.5) is 13.2 Å². The Morgan fingerprint density at radius 3 is 1.76 bits per heavy atom. The van der Waals surface area contributed by atoms with Gasteiger partial charge in [-0.2, -0.15) is 13.2 Å². The lowest BCUT2D eigenvalue weighted by Gasteiger charge is -2.29. The van der Waals surface area contributed by atoms with E-state index in [-0.39, 0.29) is 0 Å². The SMILES string of the molecule is CCCCCCCC[Si](OCC)(OCC)OCC(F)(F)F. The van der Waals surface area contributed by atoms with E-state index in [1.165, 1.54) is 12.8 Å². The van der Waals surface area contributed by atoms with Crippen molar-refractivity contribution in [2.24, 2.45) is 0 Å². The van der Waals surface area contributed by atoms with Gasteiger partial charge in [-0.3, -0.25) is 0 Å². The monoisotopic (exact) mass is 330 g/mol. The number of alkyl halides is 3. The van der Waals surface area contributed by atoms with Gasteiger partial charge in [-0.1, -0.05) is 39.0 Å². The van der Waals surface area contributed by atoms with Crippen LogP contribution in [-0.2, 0) is 13.3 Å². The Kier molecular flexibility index (Phi) is 11.4. The zero-order valence-electron chi connectivity index (χ0n) is 13.4. The lowest BCUT2D eigenvalue weighted by Crippen LogP contribution is -2.47. The summed E-state index contributed by atoms with van der Waals surface area (Å²) in [5, 5.41) is 0. The van der Waals surface area contributed by atoms with Crippen LogP contribution in [0.2, 0.25) is 6.04 Å². The molecule has 128 valence electrons. The summed E-state index contributed by atoms with van der Waals surface area (Å²) in [6, 6.07) is 0.455. The minimum absolute atomic E-state index is 0.305. The third-order valence-corrected chi connectivity index (χ3v) is 6.03. The van der Waals surface area contributed by atoms with Crippen molar-refractivity contribution in [3.05, 3.63) is 0 Å². The predicted octanol–water partition coefficient (Wildman–Crippen LogP) is 4.94. The molecule has 3 nitrogen and oxygen atoms in total. The maximum atomic E-state index is 12.4. The van der Waals surface area contributed by atoms with E-state index in [9.17, 15) is 13.2 Å². The Morgan fingerprint density at radius 1 is 0.762 bits per heavy atom. The molecule has 0 unspecified atom stereocenters. The molecule has 0 N–H and O–H groups in total. The van der Waals surface area contributed by atoms with Gasteiger partial charge in [0.2, 0.25) is 0 Å². The summed E-state index contributed by atoms with van der Waals surface area (Å²) in [5.41, 5.74) is 0. The molecule has 0 aromatic rings. The van der Waals surface area contributed by atoms with Crippen LogP contribution in [0.5, 0.6) is 0 Å². The van der Waals surface area contributed by atoms with Crippen LogP contribution in [0.3, 0.4) is 0 Å². The summed E-state index contributed by atoms with van der Waals surface area (Å²) < 4.78 is 53.2.